The molecule has 0 radical (unpaired) electrons. The number of aromatic nitrogens is 1. The number of rotatable bonds is 2. The molecule has 0 unspecified atom stereocenters. The van der Waals surface area contributed by atoms with Crippen LogP contribution in [0.25, 0.3) is 10.8 Å². The molecule has 1 N–H and O–H groups in total. The smallest absolute Gasteiger partial charge is 0.137 e. The zero-order valence-corrected chi connectivity index (χ0v) is 12.0. The van der Waals surface area contributed by atoms with Crippen LogP contribution >= 0.6 is 0 Å². The molecule has 0 spiro atoms. The topological polar surface area (TPSA) is 45.6 Å². The fraction of sp³-hybridized carbons (Fsp3) is 0.438. The summed E-state index contributed by atoms with van der Waals surface area (Å²) in [4.78, 5) is 6.95. The second kappa shape index (κ2) is 5.04. The number of benzene rings is 1. The van der Waals surface area contributed by atoms with E-state index in [0.29, 0.717) is 18.9 Å². The summed E-state index contributed by atoms with van der Waals surface area (Å²) in [6.07, 6.45) is 0. The summed E-state index contributed by atoms with van der Waals surface area (Å²) in [5.41, 5.74) is 0.614. The third-order valence-corrected chi connectivity index (χ3v) is 3.84. The molecule has 0 atom stereocenters. The normalized spacial score (nSPS) is 18.4. The van der Waals surface area contributed by atoms with E-state index in [1.807, 2.05) is 18.2 Å². The Morgan fingerprint density at radius 3 is 2.90 bits per heavy atom. The van der Waals surface area contributed by atoms with E-state index in [9.17, 15) is 5.11 Å². The zero-order chi connectivity index (χ0) is 14.2. The molecule has 0 amide bonds. The first-order valence-corrected chi connectivity index (χ1v) is 6.97. The first-order chi connectivity index (χ1) is 9.62. The number of anilines is 1. The first-order valence-electron chi connectivity index (χ1n) is 6.97. The highest BCUT2D eigenvalue weighted by Gasteiger charge is 2.32. The minimum absolute atomic E-state index is 0.0391. The fourth-order valence-electron chi connectivity index (χ4n) is 2.77. The van der Waals surface area contributed by atoms with Crippen LogP contribution in [-0.4, -0.2) is 35.4 Å². The van der Waals surface area contributed by atoms with Crippen molar-refractivity contribution in [3.63, 3.8) is 0 Å². The number of hydrogen-bond acceptors (Lipinski definition) is 4. The van der Waals surface area contributed by atoms with Crippen LogP contribution in [0, 0.1) is 0 Å². The van der Waals surface area contributed by atoms with Crippen molar-refractivity contribution in [2.45, 2.75) is 26.0 Å². The Hall–Kier alpha value is -1.65. The van der Waals surface area contributed by atoms with Crippen LogP contribution in [0.15, 0.2) is 30.3 Å². The molecule has 1 fully saturated rings. The van der Waals surface area contributed by atoms with Gasteiger partial charge in [0.05, 0.1) is 31.1 Å². The molecule has 20 heavy (non-hydrogen) atoms. The standard InChI is InChI=1S/C16H20N2O2/c1-16(2)11-20-8-7-18(16)15-14-6-4-3-5-12(14)9-13(10-19)17-15/h3-6,9,19H,7-8,10-11H2,1-2H3. The molecule has 0 saturated carbocycles. The number of aliphatic hydroxyl groups is 1. The fourth-order valence-corrected chi connectivity index (χ4v) is 2.77. The Balaban J connectivity index is 2.18. The number of fused-ring (bicyclic) bond motifs is 1. The van der Waals surface area contributed by atoms with E-state index in [1.165, 1.54) is 0 Å². The molecule has 106 valence electrons. The van der Waals surface area contributed by atoms with Crippen molar-refractivity contribution in [1.82, 2.24) is 4.98 Å². The van der Waals surface area contributed by atoms with Crippen LogP contribution in [0.1, 0.15) is 19.5 Å². The van der Waals surface area contributed by atoms with Gasteiger partial charge < -0.3 is 14.7 Å². The van der Waals surface area contributed by atoms with Gasteiger partial charge in [0.2, 0.25) is 0 Å². The lowest BCUT2D eigenvalue weighted by Crippen LogP contribution is -2.53. The van der Waals surface area contributed by atoms with Crippen LogP contribution in [0.4, 0.5) is 5.82 Å². The van der Waals surface area contributed by atoms with Crippen molar-refractivity contribution in [2.75, 3.05) is 24.7 Å². The first kappa shape index (κ1) is 13.3. The maximum atomic E-state index is 9.44. The largest absolute Gasteiger partial charge is 0.390 e. The monoisotopic (exact) mass is 272 g/mol. The predicted octanol–water partition coefficient (Wildman–Crippen LogP) is 2.34. The molecule has 1 aliphatic rings. The SMILES string of the molecule is CC1(C)COCCN1c1nc(CO)cc2ccccc12. The minimum atomic E-state index is -0.0951. The highest BCUT2D eigenvalue weighted by molar-refractivity contribution is 5.92. The molecule has 0 bridgehead atoms. The second-order valence-corrected chi connectivity index (χ2v) is 5.83. The molecule has 1 aromatic carbocycles. The molecule has 2 heterocycles. The molecule has 4 heteroatoms. The maximum absolute atomic E-state index is 9.44. The third kappa shape index (κ3) is 2.25. The summed E-state index contributed by atoms with van der Waals surface area (Å²) < 4.78 is 5.59. The van der Waals surface area contributed by atoms with Crippen molar-refractivity contribution in [3.05, 3.63) is 36.0 Å². The highest BCUT2D eigenvalue weighted by atomic mass is 16.5. The van der Waals surface area contributed by atoms with Gasteiger partial charge in [-0.05, 0) is 25.3 Å². The van der Waals surface area contributed by atoms with Gasteiger partial charge in [0, 0.05) is 11.9 Å². The highest BCUT2D eigenvalue weighted by Crippen LogP contribution is 2.32. The zero-order valence-electron chi connectivity index (χ0n) is 12.0. The van der Waals surface area contributed by atoms with Gasteiger partial charge in [-0.25, -0.2) is 4.98 Å². The summed E-state index contributed by atoms with van der Waals surface area (Å²) in [6.45, 7) is 6.50. The summed E-state index contributed by atoms with van der Waals surface area (Å²) in [5.74, 6) is 0.945. The van der Waals surface area contributed by atoms with Crippen molar-refractivity contribution in [3.8, 4) is 0 Å². The summed E-state index contributed by atoms with van der Waals surface area (Å²) in [7, 11) is 0. The number of hydrogen-bond donors (Lipinski definition) is 1. The van der Waals surface area contributed by atoms with E-state index in [2.05, 4.69) is 35.9 Å². The Labute approximate surface area is 119 Å². The van der Waals surface area contributed by atoms with E-state index in [4.69, 9.17) is 4.74 Å². The van der Waals surface area contributed by atoms with Crippen molar-refractivity contribution in [1.29, 1.82) is 0 Å². The molecular weight excluding hydrogens is 252 g/mol. The lowest BCUT2D eigenvalue weighted by molar-refractivity contribution is 0.0640. The van der Waals surface area contributed by atoms with E-state index >= 15 is 0 Å². The van der Waals surface area contributed by atoms with Gasteiger partial charge in [-0.1, -0.05) is 24.3 Å². The minimum Gasteiger partial charge on any atom is -0.390 e. The Morgan fingerprint density at radius 1 is 1.35 bits per heavy atom. The van der Waals surface area contributed by atoms with E-state index in [-0.39, 0.29) is 12.1 Å². The van der Waals surface area contributed by atoms with Crippen molar-refractivity contribution >= 4 is 16.6 Å². The average Bonchev–Trinajstić information content (AvgIpc) is 2.46. The molecule has 1 saturated heterocycles. The number of ether oxygens (including phenoxy) is 1. The molecular formula is C16H20N2O2. The quantitative estimate of drug-likeness (QED) is 0.911. The van der Waals surface area contributed by atoms with Gasteiger partial charge in [0.1, 0.15) is 5.82 Å². The Kier molecular flexibility index (Phi) is 3.36. The molecule has 0 aliphatic carbocycles. The van der Waals surface area contributed by atoms with Crippen LogP contribution < -0.4 is 4.90 Å². The third-order valence-electron chi connectivity index (χ3n) is 3.84. The molecule has 3 rings (SSSR count). The van der Waals surface area contributed by atoms with Crippen LogP contribution in [0.3, 0.4) is 0 Å². The average molecular weight is 272 g/mol. The summed E-state index contributed by atoms with van der Waals surface area (Å²) in [5, 5.41) is 11.7. The van der Waals surface area contributed by atoms with Gasteiger partial charge in [-0.3, -0.25) is 0 Å². The number of nitrogens with zero attached hydrogens (tertiary/aromatic N) is 2. The van der Waals surface area contributed by atoms with Gasteiger partial charge in [0.25, 0.3) is 0 Å². The van der Waals surface area contributed by atoms with E-state index < -0.39 is 0 Å². The summed E-state index contributed by atoms with van der Waals surface area (Å²) in [6, 6.07) is 10.1. The van der Waals surface area contributed by atoms with Gasteiger partial charge in [-0.15, -0.1) is 0 Å². The maximum Gasteiger partial charge on any atom is 0.137 e. The van der Waals surface area contributed by atoms with Crippen LogP contribution in [0.5, 0.6) is 0 Å². The van der Waals surface area contributed by atoms with Crippen LogP contribution in [-0.2, 0) is 11.3 Å². The predicted molar refractivity (Wildman–Crippen MR) is 79.9 cm³/mol. The lowest BCUT2D eigenvalue weighted by atomic mass is 10.0. The Morgan fingerprint density at radius 2 is 2.15 bits per heavy atom. The molecule has 1 aromatic heterocycles. The van der Waals surface area contributed by atoms with Gasteiger partial charge in [0.15, 0.2) is 0 Å². The lowest BCUT2D eigenvalue weighted by Gasteiger charge is -2.43. The second-order valence-electron chi connectivity index (χ2n) is 5.83. The molecule has 2 aromatic rings. The molecule has 4 nitrogen and oxygen atoms in total. The van der Waals surface area contributed by atoms with Crippen molar-refractivity contribution in [2.24, 2.45) is 0 Å². The van der Waals surface area contributed by atoms with E-state index in [0.717, 1.165) is 23.1 Å². The number of aliphatic hydroxyl groups excluding tert-OH is 1. The molecule has 1 aliphatic heterocycles. The number of morpholine rings is 1. The van der Waals surface area contributed by atoms with Gasteiger partial charge >= 0.3 is 0 Å². The van der Waals surface area contributed by atoms with Crippen LogP contribution in [0.2, 0.25) is 0 Å². The summed E-state index contributed by atoms with van der Waals surface area (Å²) >= 11 is 0. The van der Waals surface area contributed by atoms with E-state index in [1.54, 1.807) is 0 Å². The Bertz CT molecular complexity index is 625. The van der Waals surface area contributed by atoms with Gasteiger partial charge in [-0.2, -0.15) is 0 Å². The van der Waals surface area contributed by atoms with Crippen molar-refractivity contribution < 1.29 is 9.84 Å². The number of pyridine rings is 1.